The number of pyridine rings is 1. The van der Waals surface area contributed by atoms with E-state index in [9.17, 15) is 21.6 Å². The van der Waals surface area contributed by atoms with E-state index < -0.39 is 22.6 Å². The molecule has 4 rings (SSSR count). The highest BCUT2D eigenvalue weighted by molar-refractivity contribution is 7.92. The molecule has 27 heavy (non-hydrogen) atoms. The number of hydrogen-bond donors (Lipinski definition) is 1. The molecule has 10 heteroatoms. The molecule has 1 saturated carbocycles. The van der Waals surface area contributed by atoms with E-state index in [2.05, 4.69) is 14.9 Å². The first kappa shape index (κ1) is 17.8. The van der Waals surface area contributed by atoms with Crippen molar-refractivity contribution in [1.29, 1.82) is 0 Å². The quantitative estimate of drug-likeness (QED) is 0.703. The Morgan fingerprint density at radius 1 is 1.22 bits per heavy atom. The van der Waals surface area contributed by atoms with Gasteiger partial charge in [-0.2, -0.15) is 13.2 Å². The second-order valence-electron chi connectivity index (χ2n) is 6.42. The van der Waals surface area contributed by atoms with Crippen LogP contribution in [0.5, 0.6) is 0 Å². The first-order chi connectivity index (χ1) is 12.7. The Labute approximate surface area is 152 Å². The lowest BCUT2D eigenvalue weighted by molar-refractivity contribution is -0.127. The lowest BCUT2D eigenvalue weighted by Gasteiger charge is -2.14. The summed E-state index contributed by atoms with van der Waals surface area (Å²) in [6.45, 7) is 0. The summed E-state index contributed by atoms with van der Waals surface area (Å²) in [6, 6.07) is 6.80. The zero-order chi connectivity index (χ0) is 19.2. The smallest absolute Gasteiger partial charge is 0.336 e. The van der Waals surface area contributed by atoms with Gasteiger partial charge in [0.05, 0.1) is 29.4 Å². The van der Waals surface area contributed by atoms with Crippen LogP contribution < -0.4 is 4.72 Å². The highest BCUT2D eigenvalue weighted by atomic mass is 32.2. The Kier molecular flexibility index (Phi) is 4.10. The van der Waals surface area contributed by atoms with Gasteiger partial charge in [-0.05, 0) is 30.5 Å². The van der Waals surface area contributed by atoms with E-state index in [1.807, 2.05) is 0 Å². The molecule has 0 saturated heterocycles. The number of rotatable bonds is 5. The van der Waals surface area contributed by atoms with Crippen molar-refractivity contribution in [1.82, 2.24) is 10.1 Å². The number of alkyl halides is 3. The number of fused-ring (bicyclic) bond motifs is 1. The highest BCUT2D eigenvalue weighted by Gasteiger charge is 2.31. The molecule has 6 nitrogen and oxygen atoms in total. The average molecular weight is 397 g/mol. The SMILES string of the molecule is O=S(=O)(Nc1ccccc1CC(F)(F)F)c1cnc2onc(C3CC3)c2c1. The molecule has 0 aliphatic heterocycles. The van der Waals surface area contributed by atoms with E-state index in [4.69, 9.17) is 4.52 Å². The lowest BCUT2D eigenvalue weighted by atomic mass is 10.1. The van der Waals surface area contributed by atoms with Gasteiger partial charge < -0.3 is 4.52 Å². The molecule has 1 aliphatic rings. The minimum atomic E-state index is -4.45. The summed E-state index contributed by atoms with van der Waals surface area (Å²) in [5.74, 6) is 0.228. The van der Waals surface area contributed by atoms with Crippen LogP contribution in [0.15, 0.2) is 45.9 Å². The monoisotopic (exact) mass is 397 g/mol. The minimum absolute atomic E-state index is 0.123. The number of sulfonamides is 1. The number of anilines is 1. The number of nitrogens with one attached hydrogen (secondary N) is 1. The molecule has 1 N–H and O–H groups in total. The third kappa shape index (κ3) is 3.75. The molecule has 2 heterocycles. The third-order valence-electron chi connectivity index (χ3n) is 4.26. The van der Waals surface area contributed by atoms with Crippen LogP contribution in [-0.4, -0.2) is 24.7 Å². The summed E-state index contributed by atoms with van der Waals surface area (Å²) in [5.41, 5.74) is 0.606. The Bertz CT molecular complexity index is 1110. The zero-order valence-corrected chi connectivity index (χ0v) is 14.6. The average Bonchev–Trinajstić information content (AvgIpc) is 3.34. The standard InChI is InChI=1S/C17H14F3N3O3S/c18-17(19,20)8-11-3-1-2-4-14(11)23-27(24,25)12-7-13-15(10-5-6-10)22-26-16(13)21-9-12/h1-4,7,9-10,23H,5-6,8H2. The normalized spacial score (nSPS) is 15.2. The van der Waals surface area contributed by atoms with Gasteiger partial charge >= 0.3 is 6.18 Å². The molecule has 1 aliphatic carbocycles. The van der Waals surface area contributed by atoms with Gasteiger partial charge in [0.1, 0.15) is 4.90 Å². The van der Waals surface area contributed by atoms with Crippen LogP contribution >= 0.6 is 0 Å². The van der Waals surface area contributed by atoms with E-state index in [0.717, 1.165) is 19.0 Å². The van der Waals surface area contributed by atoms with Crippen LogP contribution in [-0.2, 0) is 16.4 Å². The highest BCUT2D eigenvalue weighted by Crippen LogP contribution is 2.42. The molecule has 0 bridgehead atoms. The van der Waals surface area contributed by atoms with Crippen molar-refractivity contribution in [2.45, 2.75) is 36.3 Å². The number of nitrogens with zero attached hydrogens (tertiary/aromatic N) is 2. The second kappa shape index (κ2) is 6.22. The largest absolute Gasteiger partial charge is 0.393 e. The van der Waals surface area contributed by atoms with Crippen molar-refractivity contribution >= 4 is 26.8 Å². The summed E-state index contributed by atoms with van der Waals surface area (Å²) in [5, 5.41) is 4.44. The first-order valence-corrected chi connectivity index (χ1v) is 9.64. The van der Waals surface area contributed by atoms with Crippen molar-refractivity contribution in [3.05, 3.63) is 47.8 Å². The summed E-state index contributed by atoms with van der Waals surface area (Å²) in [4.78, 5) is 3.81. The predicted octanol–water partition coefficient (Wildman–Crippen LogP) is 4.01. The van der Waals surface area contributed by atoms with Crippen LogP contribution in [0.4, 0.5) is 18.9 Å². The van der Waals surface area contributed by atoms with Crippen molar-refractivity contribution in [2.24, 2.45) is 0 Å². The molecule has 0 spiro atoms. The number of benzene rings is 1. The molecule has 2 aromatic heterocycles. The summed E-state index contributed by atoms with van der Waals surface area (Å²) in [6.07, 6.45) is -2.70. The van der Waals surface area contributed by atoms with Crippen molar-refractivity contribution < 1.29 is 26.1 Å². The fourth-order valence-electron chi connectivity index (χ4n) is 2.82. The summed E-state index contributed by atoms with van der Waals surface area (Å²) >= 11 is 0. The fraction of sp³-hybridized carbons (Fsp3) is 0.294. The van der Waals surface area contributed by atoms with Gasteiger partial charge in [0.2, 0.25) is 0 Å². The molecule has 1 aromatic carbocycles. The maximum atomic E-state index is 12.7. The van der Waals surface area contributed by atoms with Gasteiger partial charge in [0, 0.05) is 5.92 Å². The molecule has 0 unspecified atom stereocenters. The summed E-state index contributed by atoms with van der Waals surface area (Å²) < 4.78 is 70.9. The second-order valence-corrected chi connectivity index (χ2v) is 8.10. The predicted molar refractivity (Wildman–Crippen MR) is 90.8 cm³/mol. The van der Waals surface area contributed by atoms with Gasteiger partial charge in [-0.25, -0.2) is 13.4 Å². The van der Waals surface area contributed by atoms with Gasteiger partial charge in [-0.1, -0.05) is 23.4 Å². The number of aromatic nitrogens is 2. The van der Waals surface area contributed by atoms with Crippen LogP contribution in [0.3, 0.4) is 0 Å². The Morgan fingerprint density at radius 3 is 2.67 bits per heavy atom. The number of halogens is 3. The lowest BCUT2D eigenvalue weighted by Crippen LogP contribution is -2.17. The number of para-hydroxylation sites is 1. The molecular formula is C17H14F3N3O3S. The Hall–Kier alpha value is -2.62. The first-order valence-electron chi connectivity index (χ1n) is 8.16. The van der Waals surface area contributed by atoms with Crippen molar-refractivity contribution in [3.63, 3.8) is 0 Å². The van der Waals surface area contributed by atoms with E-state index in [0.29, 0.717) is 11.1 Å². The minimum Gasteiger partial charge on any atom is -0.336 e. The Balaban J connectivity index is 1.68. The van der Waals surface area contributed by atoms with Crippen molar-refractivity contribution in [3.8, 4) is 0 Å². The molecule has 0 atom stereocenters. The molecule has 1 fully saturated rings. The maximum Gasteiger partial charge on any atom is 0.393 e. The molecule has 142 valence electrons. The Morgan fingerprint density at radius 2 is 1.96 bits per heavy atom. The topological polar surface area (TPSA) is 85.1 Å². The van der Waals surface area contributed by atoms with Crippen LogP contribution in [0.1, 0.15) is 30.0 Å². The van der Waals surface area contributed by atoms with Gasteiger partial charge in [-0.3, -0.25) is 4.72 Å². The zero-order valence-electron chi connectivity index (χ0n) is 13.8. The van der Waals surface area contributed by atoms with Crippen molar-refractivity contribution in [2.75, 3.05) is 4.72 Å². The van der Waals surface area contributed by atoms with Crippen LogP contribution in [0, 0.1) is 0 Å². The van der Waals surface area contributed by atoms with Gasteiger partial charge in [0.15, 0.2) is 0 Å². The molecule has 0 amide bonds. The van der Waals surface area contributed by atoms with Gasteiger partial charge in [-0.15, -0.1) is 0 Å². The summed E-state index contributed by atoms with van der Waals surface area (Å²) in [7, 11) is -4.13. The van der Waals surface area contributed by atoms with Crippen LogP contribution in [0.2, 0.25) is 0 Å². The van der Waals surface area contributed by atoms with E-state index in [-0.39, 0.29) is 27.8 Å². The van der Waals surface area contributed by atoms with E-state index in [1.54, 1.807) is 0 Å². The maximum absolute atomic E-state index is 12.7. The molecular weight excluding hydrogens is 383 g/mol. The van der Waals surface area contributed by atoms with Crippen LogP contribution in [0.25, 0.3) is 11.1 Å². The molecule has 0 radical (unpaired) electrons. The molecule has 3 aromatic rings. The van der Waals surface area contributed by atoms with E-state index >= 15 is 0 Å². The fourth-order valence-corrected chi connectivity index (χ4v) is 3.89. The van der Waals surface area contributed by atoms with Gasteiger partial charge in [0.25, 0.3) is 15.7 Å². The number of hydrogen-bond acceptors (Lipinski definition) is 5. The van der Waals surface area contributed by atoms with E-state index in [1.165, 1.54) is 30.3 Å². The third-order valence-corrected chi connectivity index (χ3v) is 5.59.